The number of aryl methyl sites for hydroxylation is 2. The topological polar surface area (TPSA) is 99.0 Å². The highest BCUT2D eigenvalue weighted by molar-refractivity contribution is 8.24. The number of rotatable bonds is 8. The lowest BCUT2D eigenvalue weighted by atomic mass is 9.94. The Hall–Kier alpha value is -2.84. The van der Waals surface area contributed by atoms with Crippen molar-refractivity contribution < 1.29 is 23.7 Å². The Morgan fingerprint density at radius 3 is 2.46 bits per heavy atom. The number of fused-ring (bicyclic) bond motifs is 3. The third kappa shape index (κ3) is 6.02. The summed E-state index contributed by atoms with van der Waals surface area (Å²) in [7, 11) is -2.54. The summed E-state index contributed by atoms with van der Waals surface area (Å²) in [5, 5.41) is 14.4. The first-order valence-corrected chi connectivity index (χ1v) is 15.8. The van der Waals surface area contributed by atoms with Crippen LogP contribution in [0.25, 0.3) is 11.1 Å². The fourth-order valence-corrected chi connectivity index (χ4v) is 7.52. The molecule has 39 heavy (non-hydrogen) atoms. The molecule has 2 fully saturated rings. The highest BCUT2D eigenvalue weighted by Crippen LogP contribution is 2.47. The quantitative estimate of drug-likeness (QED) is 0.243. The van der Waals surface area contributed by atoms with E-state index in [1.165, 1.54) is 33.4 Å². The molecule has 2 atom stereocenters. The molecule has 2 aliphatic carbocycles. The van der Waals surface area contributed by atoms with Gasteiger partial charge in [-0.25, -0.2) is 0 Å². The van der Waals surface area contributed by atoms with E-state index in [0.717, 1.165) is 50.0 Å². The number of anilines is 1. The van der Waals surface area contributed by atoms with Gasteiger partial charge in [0.2, 0.25) is 0 Å². The fraction of sp³-hybridized carbons (Fsp3) is 0.406. The molecule has 0 bridgehead atoms. The number of hydrogen-bond acceptors (Lipinski definition) is 6. The van der Waals surface area contributed by atoms with Crippen LogP contribution in [-0.4, -0.2) is 44.2 Å². The second kappa shape index (κ2) is 10.6. The Labute approximate surface area is 231 Å². The third-order valence-corrected chi connectivity index (χ3v) is 10.3. The Kier molecular flexibility index (Phi) is 7.18. The minimum atomic E-state index is -2.54. The van der Waals surface area contributed by atoms with Gasteiger partial charge in [-0.2, -0.15) is 10.6 Å². The van der Waals surface area contributed by atoms with Gasteiger partial charge in [0.25, 0.3) is 0 Å². The van der Waals surface area contributed by atoms with Crippen LogP contribution in [0.15, 0.2) is 60.7 Å². The maximum absolute atomic E-state index is 11.0. The van der Waals surface area contributed by atoms with Crippen LogP contribution in [0.4, 0.5) is 5.69 Å². The summed E-state index contributed by atoms with van der Waals surface area (Å²) < 4.78 is 25.8. The molecule has 7 heteroatoms. The van der Waals surface area contributed by atoms with Gasteiger partial charge in [0.1, 0.15) is 24.2 Å². The molecule has 3 aliphatic rings. The first-order chi connectivity index (χ1) is 18.8. The van der Waals surface area contributed by atoms with Gasteiger partial charge in [-0.3, -0.25) is 9.11 Å². The maximum atomic E-state index is 11.0. The van der Waals surface area contributed by atoms with Crippen molar-refractivity contribution in [3.63, 3.8) is 0 Å². The summed E-state index contributed by atoms with van der Waals surface area (Å²) in [5.74, 6) is 1.81. The molecule has 1 saturated heterocycles. The summed E-state index contributed by atoms with van der Waals surface area (Å²) >= 11 is 0. The zero-order chi connectivity index (χ0) is 27.0. The van der Waals surface area contributed by atoms with Crippen molar-refractivity contribution >= 4 is 22.6 Å². The van der Waals surface area contributed by atoms with E-state index in [4.69, 9.17) is 4.74 Å². The van der Waals surface area contributed by atoms with E-state index in [2.05, 4.69) is 59.9 Å². The summed E-state index contributed by atoms with van der Waals surface area (Å²) in [5.41, 5.74) is 7.65. The summed E-state index contributed by atoms with van der Waals surface area (Å²) in [6.45, 7) is 0.889. The van der Waals surface area contributed by atoms with Gasteiger partial charge in [-0.05, 0) is 108 Å². The van der Waals surface area contributed by atoms with Crippen molar-refractivity contribution in [3.05, 3.63) is 82.9 Å². The third-order valence-electron chi connectivity index (χ3n) is 8.58. The van der Waals surface area contributed by atoms with Crippen molar-refractivity contribution in [1.82, 2.24) is 0 Å². The van der Waals surface area contributed by atoms with E-state index < -0.39 is 16.2 Å². The molecule has 1 saturated carbocycles. The smallest absolute Gasteiger partial charge is 0.123 e. The molecule has 4 N–H and O–H groups in total. The monoisotopic (exact) mass is 547 g/mol. The van der Waals surface area contributed by atoms with E-state index in [0.29, 0.717) is 18.8 Å². The average Bonchev–Trinajstić information content (AvgIpc) is 3.76. The Morgan fingerprint density at radius 2 is 1.72 bits per heavy atom. The number of benzene rings is 3. The fourth-order valence-electron chi connectivity index (χ4n) is 5.90. The highest BCUT2D eigenvalue weighted by Gasteiger charge is 2.38. The molecule has 206 valence electrons. The van der Waals surface area contributed by atoms with Crippen molar-refractivity contribution in [1.29, 1.82) is 0 Å². The summed E-state index contributed by atoms with van der Waals surface area (Å²) in [4.78, 5) is 11.0. The number of carbonyl (C=O) groups excluding carboxylic acids is 1. The number of aliphatic hydroxyl groups is 1. The molecule has 0 spiro atoms. The molecule has 0 radical (unpaired) electrons. The van der Waals surface area contributed by atoms with Crippen molar-refractivity contribution in [2.24, 2.45) is 5.92 Å². The highest BCUT2D eigenvalue weighted by atomic mass is 32.3. The molecule has 6 nitrogen and oxygen atoms in total. The summed E-state index contributed by atoms with van der Waals surface area (Å²) in [6, 6.07) is 21.4. The van der Waals surface area contributed by atoms with Crippen LogP contribution in [0.1, 0.15) is 53.9 Å². The van der Waals surface area contributed by atoms with Crippen molar-refractivity contribution in [2.75, 3.05) is 23.4 Å². The number of hydrogen-bond donors (Lipinski definition) is 4. The van der Waals surface area contributed by atoms with Crippen molar-refractivity contribution in [3.8, 4) is 16.9 Å². The van der Waals surface area contributed by atoms with E-state index >= 15 is 0 Å². The van der Waals surface area contributed by atoms with Gasteiger partial charge in [-0.15, -0.1) is 0 Å². The predicted octanol–water partition coefficient (Wildman–Crippen LogP) is 6.41. The van der Waals surface area contributed by atoms with E-state index in [1.807, 2.05) is 6.07 Å². The molecule has 3 aromatic rings. The Balaban J connectivity index is 1.12. The number of aldehydes is 1. The van der Waals surface area contributed by atoms with Gasteiger partial charge in [0.15, 0.2) is 0 Å². The maximum Gasteiger partial charge on any atom is 0.123 e. The first kappa shape index (κ1) is 26.4. The first-order valence-electron chi connectivity index (χ1n) is 13.9. The molecule has 1 aliphatic heterocycles. The number of carbonyl (C=O) groups is 1. The van der Waals surface area contributed by atoms with Gasteiger partial charge in [0, 0.05) is 29.7 Å². The van der Waals surface area contributed by atoms with Crippen LogP contribution < -0.4 is 10.1 Å². The van der Waals surface area contributed by atoms with Gasteiger partial charge >= 0.3 is 0 Å². The lowest BCUT2D eigenvalue weighted by Gasteiger charge is -2.43. The second-order valence-corrected chi connectivity index (χ2v) is 13.9. The van der Waals surface area contributed by atoms with Crippen LogP contribution >= 0.6 is 10.6 Å². The Morgan fingerprint density at radius 1 is 0.949 bits per heavy atom. The molecule has 3 aromatic carbocycles. The molecular weight excluding hydrogens is 510 g/mol. The van der Waals surface area contributed by atoms with E-state index in [1.54, 1.807) is 0 Å². The zero-order valence-corrected chi connectivity index (χ0v) is 23.0. The largest absolute Gasteiger partial charge is 0.491 e. The standard InChI is InChI=1S/C32H37NO5S/c34-20-26-18-30(26)24-6-8-27(9-7-24)33-19-22-4-5-23-2-1-3-25-17-28(10-11-29(25)31(23)16-22)38-21-32(35)12-14-39(36,37)15-13-32/h4-11,16-17,20,26,30,33,35-37H,1-3,12-15,18-19,21H2/t26-,30-/m1/s1. The van der Waals surface area contributed by atoms with E-state index in [-0.39, 0.29) is 24.0 Å². The van der Waals surface area contributed by atoms with Gasteiger partial charge < -0.3 is 20.0 Å². The molecular formula is C32H37NO5S. The number of nitrogens with one attached hydrogen (secondary N) is 1. The molecule has 0 unspecified atom stereocenters. The minimum Gasteiger partial charge on any atom is -0.491 e. The lowest BCUT2D eigenvalue weighted by molar-refractivity contribution is -0.108. The zero-order valence-electron chi connectivity index (χ0n) is 22.1. The van der Waals surface area contributed by atoms with Crippen LogP contribution in [0.5, 0.6) is 5.75 Å². The van der Waals surface area contributed by atoms with Crippen molar-refractivity contribution in [2.45, 2.75) is 56.6 Å². The molecule has 6 rings (SSSR count). The second-order valence-electron chi connectivity index (χ2n) is 11.5. The molecule has 0 amide bonds. The predicted molar refractivity (Wildman–Crippen MR) is 157 cm³/mol. The van der Waals surface area contributed by atoms with E-state index in [9.17, 15) is 19.0 Å². The Bertz CT molecular complexity index is 1350. The normalized spacial score (nSPS) is 23.5. The SMILES string of the molecule is O=C[C@H]1C[C@@H]1c1ccc(NCc2ccc3c(c2)-c2ccc(OCC4(O)CCS(O)(O)CC4)cc2CCC3)cc1. The minimum absolute atomic E-state index is 0.160. The van der Waals surface area contributed by atoms with Crippen LogP contribution in [-0.2, 0) is 24.2 Å². The molecule has 0 aromatic heterocycles. The lowest BCUT2D eigenvalue weighted by Crippen LogP contribution is -2.42. The summed E-state index contributed by atoms with van der Waals surface area (Å²) in [6.07, 6.45) is 5.80. The van der Waals surface area contributed by atoms with Crippen LogP contribution in [0.3, 0.4) is 0 Å². The van der Waals surface area contributed by atoms with Gasteiger partial charge in [-0.1, -0.05) is 30.3 Å². The molecule has 1 heterocycles. The van der Waals surface area contributed by atoms with Crippen LogP contribution in [0, 0.1) is 5.92 Å². The average molecular weight is 548 g/mol. The van der Waals surface area contributed by atoms with Gasteiger partial charge in [0.05, 0.1) is 0 Å². The van der Waals surface area contributed by atoms with Crippen LogP contribution in [0.2, 0.25) is 0 Å². The number of ether oxygens (including phenoxy) is 1.